The van der Waals surface area contributed by atoms with Gasteiger partial charge in [0, 0.05) is 13.0 Å². The molecule has 1 unspecified atom stereocenters. The number of aliphatic carboxylic acids is 1. The van der Waals surface area contributed by atoms with Crippen molar-refractivity contribution in [1.29, 1.82) is 0 Å². The predicted octanol–water partition coefficient (Wildman–Crippen LogP) is 2.24. The molecular formula is C24H26N2O6. The van der Waals surface area contributed by atoms with Crippen LogP contribution in [-0.4, -0.2) is 56.7 Å². The number of hydrogen-bond acceptors (Lipinski definition) is 5. The van der Waals surface area contributed by atoms with Crippen molar-refractivity contribution in [2.75, 3.05) is 13.2 Å². The van der Waals surface area contributed by atoms with E-state index >= 15 is 0 Å². The third-order valence-corrected chi connectivity index (χ3v) is 5.80. The van der Waals surface area contributed by atoms with Crippen molar-refractivity contribution < 1.29 is 29.7 Å². The Kier molecular flexibility index (Phi) is 6.95. The molecule has 1 aliphatic rings. The minimum atomic E-state index is -1.27. The topological polar surface area (TPSA) is 127 Å². The van der Waals surface area contributed by atoms with E-state index < -0.39 is 47.8 Å². The van der Waals surface area contributed by atoms with Crippen molar-refractivity contribution in [2.24, 2.45) is 0 Å². The van der Waals surface area contributed by atoms with Crippen LogP contribution >= 0.6 is 0 Å². The van der Waals surface area contributed by atoms with E-state index in [9.17, 15) is 24.6 Å². The van der Waals surface area contributed by atoms with Crippen LogP contribution in [-0.2, 0) is 20.9 Å². The van der Waals surface area contributed by atoms with E-state index in [2.05, 4.69) is 5.32 Å². The lowest BCUT2D eigenvalue weighted by Crippen LogP contribution is -2.58. The fourth-order valence-electron chi connectivity index (χ4n) is 3.87. The lowest BCUT2D eigenvalue weighted by Gasteiger charge is -2.45. The summed E-state index contributed by atoms with van der Waals surface area (Å²) in [7, 11) is 0. The van der Waals surface area contributed by atoms with Crippen LogP contribution in [0.1, 0.15) is 25.3 Å². The first-order valence-electron chi connectivity index (χ1n) is 10.3. The van der Waals surface area contributed by atoms with Crippen LogP contribution in [0.5, 0.6) is 0 Å². The summed E-state index contributed by atoms with van der Waals surface area (Å²) in [5.41, 5.74) is 1.28. The second kappa shape index (κ2) is 9.65. The molecule has 8 heteroatoms. The van der Waals surface area contributed by atoms with Gasteiger partial charge in [-0.2, -0.15) is 0 Å². The third kappa shape index (κ3) is 4.65. The van der Waals surface area contributed by atoms with Crippen LogP contribution < -0.4 is 5.32 Å². The van der Waals surface area contributed by atoms with Crippen LogP contribution in [0.25, 0.3) is 11.1 Å². The number of benzene rings is 2. The number of rotatable bonds is 8. The van der Waals surface area contributed by atoms with Crippen molar-refractivity contribution in [3.8, 4) is 11.1 Å². The summed E-state index contributed by atoms with van der Waals surface area (Å²) < 4.78 is 0. The molecule has 0 saturated heterocycles. The summed E-state index contributed by atoms with van der Waals surface area (Å²) in [5.74, 6) is -3.43. The van der Waals surface area contributed by atoms with Gasteiger partial charge in [0.05, 0.1) is 12.1 Å². The Hall–Kier alpha value is -3.65. The first-order chi connectivity index (χ1) is 15.3. The van der Waals surface area contributed by atoms with Crippen molar-refractivity contribution >= 4 is 17.8 Å². The van der Waals surface area contributed by atoms with E-state index in [1.54, 1.807) is 6.92 Å². The fourth-order valence-corrected chi connectivity index (χ4v) is 3.87. The minimum absolute atomic E-state index is 0.107. The van der Waals surface area contributed by atoms with Crippen LogP contribution in [0.2, 0.25) is 0 Å². The van der Waals surface area contributed by atoms with Gasteiger partial charge in [-0.15, -0.1) is 0 Å². The van der Waals surface area contributed by atoms with E-state index in [1.807, 2.05) is 54.6 Å². The maximum Gasteiger partial charge on any atom is 0.322 e. The van der Waals surface area contributed by atoms with E-state index in [0.717, 1.165) is 16.7 Å². The number of carbonyl (C=O) groups is 3. The molecule has 0 spiro atoms. The molecule has 0 aromatic heterocycles. The van der Waals surface area contributed by atoms with Gasteiger partial charge >= 0.3 is 5.97 Å². The van der Waals surface area contributed by atoms with E-state index in [4.69, 9.17) is 5.11 Å². The van der Waals surface area contributed by atoms with Crippen LogP contribution in [0.4, 0.5) is 0 Å². The maximum atomic E-state index is 13.2. The highest BCUT2D eigenvalue weighted by Gasteiger charge is 2.46. The number of carboxylic acids is 1. The molecule has 1 aliphatic heterocycles. The summed E-state index contributed by atoms with van der Waals surface area (Å²) in [5, 5.41) is 31.4. The molecule has 0 aliphatic carbocycles. The standard InChI is InChI=1S/C24H26N2O6/c1-2-24(15-27)12-19(28)21(22(31)25-13-20(29)30)23(32)26(24)14-16-8-10-18(11-9-16)17-6-4-3-5-7-17/h3-11,27-28H,2,12-15H2,1H3,(H,25,31)(H,29,30). The van der Waals surface area contributed by atoms with E-state index in [0.29, 0.717) is 6.42 Å². The average molecular weight is 438 g/mol. The number of aliphatic hydroxyl groups excluding tert-OH is 2. The van der Waals surface area contributed by atoms with Gasteiger partial charge in [0.25, 0.3) is 11.8 Å². The molecule has 0 bridgehead atoms. The van der Waals surface area contributed by atoms with Gasteiger partial charge in [-0.25, -0.2) is 0 Å². The molecule has 0 saturated carbocycles. The fraction of sp³-hybridized carbons (Fsp3) is 0.292. The Labute approximate surface area is 185 Å². The van der Waals surface area contributed by atoms with Crippen LogP contribution in [0.3, 0.4) is 0 Å². The molecule has 0 radical (unpaired) electrons. The van der Waals surface area contributed by atoms with Crippen molar-refractivity contribution in [1.82, 2.24) is 10.2 Å². The van der Waals surface area contributed by atoms with Crippen molar-refractivity contribution in [3.05, 3.63) is 71.5 Å². The van der Waals surface area contributed by atoms with E-state index in [1.165, 1.54) is 4.90 Å². The highest BCUT2D eigenvalue weighted by molar-refractivity contribution is 6.19. The minimum Gasteiger partial charge on any atom is -0.511 e. The molecule has 4 N–H and O–H groups in total. The van der Waals surface area contributed by atoms with Gasteiger partial charge < -0.3 is 25.5 Å². The van der Waals surface area contributed by atoms with Crippen molar-refractivity contribution in [2.45, 2.75) is 31.8 Å². The Balaban J connectivity index is 1.89. The smallest absolute Gasteiger partial charge is 0.322 e. The number of carbonyl (C=O) groups excluding carboxylic acids is 2. The Bertz CT molecular complexity index is 1030. The lowest BCUT2D eigenvalue weighted by molar-refractivity contribution is -0.143. The average Bonchev–Trinajstić information content (AvgIpc) is 2.80. The molecular weight excluding hydrogens is 412 g/mol. The van der Waals surface area contributed by atoms with Crippen LogP contribution in [0.15, 0.2) is 65.9 Å². The summed E-state index contributed by atoms with van der Waals surface area (Å²) in [4.78, 5) is 37.8. The van der Waals surface area contributed by atoms with Gasteiger partial charge in [0.1, 0.15) is 17.9 Å². The second-order valence-corrected chi connectivity index (χ2v) is 7.77. The summed E-state index contributed by atoms with van der Waals surface area (Å²) in [6.07, 6.45) is 0.245. The summed E-state index contributed by atoms with van der Waals surface area (Å²) in [6.45, 7) is 0.831. The quantitative estimate of drug-likeness (QED) is 0.468. The zero-order valence-electron chi connectivity index (χ0n) is 17.7. The normalized spacial score (nSPS) is 18.6. The predicted molar refractivity (Wildman–Crippen MR) is 117 cm³/mol. The lowest BCUT2D eigenvalue weighted by atomic mass is 9.83. The van der Waals surface area contributed by atoms with Gasteiger partial charge in [-0.1, -0.05) is 61.5 Å². The first kappa shape index (κ1) is 23.0. The first-order valence-corrected chi connectivity index (χ1v) is 10.3. The number of nitrogens with zero attached hydrogens (tertiary/aromatic N) is 1. The van der Waals surface area contributed by atoms with Gasteiger partial charge in [-0.05, 0) is 23.1 Å². The third-order valence-electron chi connectivity index (χ3n) is 5.80. The molecule has 32 heavy (non-hydrogen) atoms. The Morgan fingerprint density at radius 3 is 2.25 bits per heavy atom. The molecule has 2 aromatic rings. The maximum absolute atomic E-state index is 13.2. The highest BCUT2D eigenvalue weighted by atomic mass is 16.4. The molecule has 168 valence electrons. The van der Waals surface area contributed by atoms with Gasteiger partial charge in [0.2, 0.25) is 0 Å². The van der Waals surface area contributed by atoms with Gasteiger partial charge in [-0.3, -0.25) is 14.4 Å². The number of nitrogens with one attached hydrogen (secondary N) is 1. The largest absolute Gasteiger partial charge is 0.511 e. The van der Waals surface area contributed by atoms with Crippen molar-refractivity contribution in [3.63, 3.8) is 0 Å². The van der Waals surface area contributed by atoms with Crippen LogP contribution in [0, 0.1) is 0 Å². The highest BCUT2D eigenvalue weighted by Crippen LogP contribution is 2.36. The molecule has 2 amide bonds. The SMILES string of the molecule is CCC1(CO)CC(O)=C(C(=O)NCC(=O)O)C(=O)N1Cc1ccc(-c2ccccc2)cc1. The number of aliphatic hydroxyl groups is 2. The zero-order valence-corrected chi connectivity index (χ0v) is 17.7. The molecule has 1 heterocycles. The molecule has 8 nitrogen and oxygen atoms in total. The number of amides is 2. The van der Waals surface area contributed by atoms with Gasteiger partial charge in [0.15, 0.2) is 0 Å². The summed E-state index contributed by atoms with van der Waals surface area (Å²) in [6, 6.07) is 17.4. The second-order valence-electron chi connectivity index (χ2n) is 7.77. The molecule has 2 aromatic carbocycles. The molecule has 1 atom stereocenters. The molecule has 0 fully saturated rings. The number of carboxylic acid groups (broad SMARTS) is 1. The Morgan fingerprint density at radius 1 is 1.06 bits per heavy atom. The Morgan fingerprint density at radius 2 is 1.69 bits per heavy atom. The summed E-state index contributed by atoms with van der Waals surface area (Å²) >= 11 is 0. The molecule has 3 rings (SSSR count). The zero-order chi connectivity index (χ0) is 23.3. The number of hydrogen-bond donors (Lipinski definition) is 4. The monoisotopic (exact) mass is 438 g/mol. The van der Waals surface area contributed by atoms with E-state index in [-0.39, 0.29) is 13.0 Å².